The van der Waals surface area contributed by atoms with Crippen LogP contribution in [-0.2, 0) is 24.4 Å². The number of halogens is 4. The second-order valence-electron chi connectivity index (χ2n) is 7.79. The zero-order valence-corrected chi connectivity index (χ0v) is 17.4. The van der Waals surface area contributed by atoms with Crippen LogP contribution in [-0.4, -0.2) is 36.4 Å². The summed E-state index contributed by atoms with van der Waals surface area (Å²) < 4.78 is 47.9. The van der Waals surface area contributed by atoms with E-state index in [1.807, 2.05) is 17.4 Å². The molecule has 9 heteroatoms. The summed E-state index contributed by atoms with van der Waals surface area (Å²) in [6, 6.07) is 10.9. The molecule has 1 N–H and O–H groups in total. The van der Waals surface area contributed by atoms with Crippen LogP contribution in [0.5, 0.6) is 5.75 Å². The van der Waals surface area contributed by atoms with Gasteiger partial charge in [-0.25, -0.2) is 0 Å². The van der Waals surface area contributed by atoms with E-state index in [9.17, 15) is 18.0 Å². The van der Waals surface area contributed by atoms with Crippen molar-refractivity contribution in [2.24, 2.45) is 0 Å². The number of nitrogens with one attached hydrogen (secondary N) is 1. The summed E-state index contributed by atoms with van der Waals surface area (Å²) in [6.45, 7) is 0.626. The predicted molar refractivity (Wildman–Crippen MR) is 109 cm³/mol. The topological polar surface area (TPSA) is 50.8 Å². The van der Waals surface area contributed by atoms with Crippen LogP contribution in [0.3, 0.4) is 0 Å². The molecule has 1 heterocycles. The monoisotopic (exact) mass is 454 g/mol. The highest BCUT2D eigenvalue weighted by molar-refractivity contribution is 6.30. The first-order chi connectivity index (χ1) is 14.8. The van der Waals surface area contributed by atoms with Gasteiger partial charge in [-0.05, 0) is 42.7 Å². The Morgan fingerprint density at radius 1 is 1.16 bits per heavy atom. The van der Waals surface area contributed by atoms with Gasteiger partial charge in [-0.2, -0.15) is 13.2 Å². The van der Waals surface area contributed by atoms with Crippen molar-refractivity contribution in [3.8, 4) is 5.75 Å². The van der Waals surface area contributed by atoms with E-state index in [0.29, 0.717) is 30.8 Å². The van der Waals surface area contributed by atoms with E-state index in [4.69, 9.17) is 21.1 Å². The molecule has 1 aliphatic carbocycles. The van der Waals surface area contributed by atoms with E-state index in [1.54, 1.807) is 24.3 Å². The molecular formula is C22H22ClF3N2O3. The number of benzene rings is 2. The lowest BCUT2D eigenvalue weighted by Crippen LogP contribution is -2.33. The summed E-state index contributed by atoms with van der Waals surface area (Å²) in [6.07, 6.45) is -2.23. The maximum absolute atomic E-state index is 12.3. The van der Waals surface area contributed by atoms with Crippen molar-refractivity contribution >= 4 is 17.5 Å². The van der Waals surface area contributed by atoms with E-state index in [-0.39, 0.29) is 12.4 Å². The fraction of sp³-hybridized carbons (Fsp3) is 0.409. The van der Waals surface area contributed by atoms with Crippen molar-refractivity contribution in [2.45, 2.75) is 44.8 Å². The minimum absolute atomic E-state index is 0.197. The Bertz CT molecular complexity index is 946. The predicted octanol–water partition coefficient (Wildman–Crippen LogP) is 4.66. The molecule has 0 spiro atoms. The van der Waals surface area contributed by atoms with E-state index in [0.717, 1.165) is 35.3 Å². The average Bonchev–Trinajstić information content (AvgIpc) is 3.57. The number of amides is 1. The number of ether oxygens (including phenoxy) is 2. The SMILES string of the molecule is O=C(NCC(F)(F)F)c1ccc(CN(Cc2cc(Cl)cc3c2OCOC3)C2CC2)cc1. The van der Waals surface area contributed by atoms with Crippen LogP contribution >= 0.6 is 11.6 Å². The Hall–Kier alpha value is -2.29. The second kappa shape index (κ2) is 9.06. The van der Waals surface area contributed by atoms with Crippen molar-refractivity contribution < 1.29 is 27.4 Å². The van der Waals surface area contributed by atoms with Gasteiger partial charge in [-0.1, -0.05) is 23.7 Å². The van der Waals surface area contributed by atoms with Gasteiger partial charge in [0, 0.05) is 40.8 Å². The zero-order valence-electron chi connectivity index (χ0n) is 16.7. The fourth-order valence-corrected chi connectivity index (χ4v) is 3.89. The van der Waals surface area contributed by atoms with Crippen LogP contribution in [0.25, 0.3) is 0 Å². The van der Waals surface area contributed by atoms with Gasteiger partial charge in [0.15, 0.2) is 6.79 Å². The van der Waals surface area contributed by atoms with E-state index >= 15 is 0 Å². The van der Waals surface area contributed by atoms with Crippen LogP contribution in [0.1, 0.15) is 39.9 Å². The number of alkyl halides is 3. The molecular weight excluding hydrogens is 433 g/mol. The van der Waals surface area contributed by atoms with Crippen molar-refractivity contribution in [1.82, 2.24) is 10.2 Å². The minimum Gasteiger partial charge on any atom is -0.467 e. The summed E-state index contributed by atoms with van der Waals surface area (Å²) in [4.78, 5) is 14.2. The smallest absolute Gasteiger partial charge is 0.405 e. The normalized spacial score (nSPS) is 16.0. The van der Waals surface area contributed by atoms with Crippen LogP contribution in [0, 0.1) is 0 Å². The third kappa shape index (κ3) is 5.90. The van der Waals surface area contributed by atoms with E-state index in [2.05, 4.69) is 4.90 Å². The molecule has 2 aromatic rings. The highest BCUT2D eigenvalue weighted by Crippen LogP contribution is 2.36. The fourth-order valence-electron chi connectivity index (χ4n) is 3.63. The summed E-state index contributed by atoms with van der Waals surface area (Å²) in [5.74, 6) is 0.0748. The first-order valence-electron chi connectivity index (χ1n) is 9.98. The Kier molecular flexibility index (Phi) is 6.41. The molecule has 1 amide bonds. The quantitative estimate of drug-likeness (QED) is 0.661. The number of hydrogen-bond donors (Lipinski definition) is 1. The summed E-state index contributed by atoms with van der Waals surface area (Å²) in [7, 11) is 0. The van der Waals surface area contributed by atoms with Crippen molar-refractivity contribution in [2.75, 3.05) is 13.3 Å². The number of fused-ring (bicyclic) bond motifs is 1. The van der Waals surface area contributed by atoms with E-state index in [1.165, 1.54) is 0 Å². The molecule has 166 valence electrons. The molecule has 0 radical (unpaired) electrons. The molecule has 0 bridgehead atoms. The van der Waals surface area contributed by atoms with Gasteiger partial charge >= 0.3 is 6.18 Å². The second-order valence-corrected chi connectivity index (χ2v) is 8.23. The molecule has 0 unspecified atom stereocenters. The van der Waals surface area contributed by atoms with Crippen molar-refractivity contribution in [1.29, 1.82) is 0 Å². The molecule has 2 aliphatic rings. The summed E-state index contributed by atoms with van der Waals surface area (Å²) in [5.41, 5.74) is 3.10. The number of rotatable bonds is 7. The largest absolute Gasteiger partial charge is 0.467 e. The molecule has 1 fully saturated rings. The lowest BCUT2D eigenvalue weighted by Gasteiger charge is -2.26. The van der Waals surface area contributed by atoms with Crippen molar-refractivity contribution in [3.05, 3.63) is 63.7 Å². The lowest BCUT2D eigenvalue weighted by atomic mass is 10.1. The average molecular weight is 455 g/mol. The Labute approximate surface area is 183 Å². The highest BCUT2D eigenvalue weighted by Gasteiger charge is 2.31. The Morgan fingerprint density at radius 3 is 2.58 bits per heavy atom. The van der Waals surface area contributed by atoms with Crippen molar-refractivity contribution in [3.63, 3.8) is 0 Å². The van der Waals surface area contributed by atoms with Gasteiger partial charge in [-0.3, -0.25) is 9.69 Å². The summed E-state index contributed by atoms with van der Waals surface area (Å²) in [5, 5.41) is 2.52. The third-order valence-corrected chi connectivity index (χ3v) is 5.46. The molecule has 4 rings (SSSR count). The minimum atomic E-state index is -4.43. The van der Waals surface area contributed by atoms with Crippen LogP contribution < -0.4 is 10.1 Å². The maximum Gasteiger partial charge on any atom is 0.405 e. The Balaban J connectivity index is 1.44. The third-order valence-electron chi connectivity index (χ3n) is 5.24. The maximum atomic E-state index is 12.3. The highest BCUT2D eigenvalue weighted by atomic mass is 35.5. The van der Waals surface area contributed by atoms with Gasteiger partial charge in [0.2, 0.25) is 0 Å². The van der Waals surface area contributed by atoms with Crippen LogP contribution in [0.4, 0.5) is 13.2 Å². The van der Waals surface area contributed by atoms with Gasteiger partial charge < -0.3 is 14.8 Å². The van der Waals surface area contributed by atoms with Gasteiger partial charge in [0.1, 0.15) is 12.3 Å². The number of carbonyl (C=O) groups is 1. The molecule has 1 aliphatic heterocycles. The molecule has 2 aromatic carbocycles. The van der Waals surface area contributed by atoms with Gasteiger partial charge in [0.25, 0.3) is 5.91 Å². The number of nitrogens with zero attached hydrogens (tertiary/aromatic N) is 1. The lowest BCUT2D eigenvalue weighted by molar-refractivity contribution is -0.123. The molecule has 0 saturated heterocycles. The summed E-state index contributed by atoms with van der Waals surface area (Å²) >= 11 is 6.28. The first-order valence-corrected chi connectivity index (χ1v) is 10.4. The van der Waals surface area contributed by atoms with Gasteiger partial charge in [0.05, 0.1) is 6.61 Å². The molecule has 0 aromatic heterocycles. The molecule has 0 atom stereocenters. The molecule has 1 saturated carbocycles. The Morgan fingerprint density at radius 2 is 1.90 bits per heavy atom. The van der Waals surface area contributed by atoms with Gasteiger partial charge in [-0.15, -0.1) is 0 Å². The zero-order chi connectivity index (χ0) is 22.0. The number of carbonyl (C=O) groups excluding carboxylic acids is 1. The van der Waals surface area contributed by atoms with Crippen LogP contribution in [0.2, 0.25) is 5.02 Å². The first kappa shape index (κ1) is 21.9. The molecule has 31 heavy (non-hydrogen) atoms. The molecule has 5 nitrogen and oxygen atoms in total. The standard InChI is InChI=1S/C22H22ClF3N2O3/c23-18-7-16(20-17(8-18)11-30-13-31-20)10-28(19-5-6-19)9-14-1-3-15(4-2-14)21(29)27-12-22(24,25)26/h1-4,7-8,19H,5-6,9-13H2,(H,27,29). The van der Waals surface area contributed by atoms with E-state index < -0.39 is 18.6 Å². The number of hydrogen-bond acceptors (Lipinski definition) is 4. The van der Waals surface area contributed by atoms with Crippen LogP contribution in [0.15, 0.2) is 36.4 Å².